The SMILES string of the molecule is CC(C)C(=O)OCCCCCCOC1=CC(O)Oc2ccc(Cl)cc21. The van der Waals surface area contributed by atoms with Gasteiger partial charge in [-0.1, -0.05) is 25.4 Å². The van der Waals surface area contributed by atoms with Crippen LogP contribution in [0.5, 0.6) is 5.75 Å². The number of halogens is 1. The molecule has 6 heteroatoms. The Balaban J connectivity index is 1.67. The van der Waals surface area contributed by atoms with Crippen LogP contribution in [-0.2, 0) is 14.3 Å². The summed E-state index contributed by atoms with van der Waals surface area (Å²) >= 11 is 6.02. The molecule has 0 saturated carbocycles. The van der Waals surface area contributed by atoms with E-state index in [9.17, 15) is 9.90 Å². The molecule has 0 aromatic heterocycles. The van der Waals surface area contributed by atoms with E-state index in [-0.39, 0.29) is 11.9 Å². The van der Waals surface area contributed by atoms with Gasteiger partial charge in [-0.3, -0.25) is 4.79 Å². The molecule has 0 radical (unpaired) electrons. The Morgan fingerprint density at radius 2 is 1.96 bits per heavy atom. The number of fused-ring (bicyclic) bond motifs is 1. The molecule has 1 unspecified atom stereocenters. The fraction of sp³-hybridized carbons (Fsp3) is 0.526. The fourth-order valence-corrected chi connectivity index (χ4v) is 2.56. The molecule has 1 atom stereocenters. The van der Waals surface area contributed by atoms with Gasteiger partial charge in [-0.2, -0.15) is 0 Å². The molecule has 1 aliphatic heterocycles. The molecule has 5 nitrogen and oxygen atoms in total. The summed E-state index contributed by atoms with van der Waals surface area (Å²) in [6.45, 7) is 4.66. The van der Waals surface area contributed by atoms with Gasteiger partial charge in [0.25, 0.3) is 0 Å². The van der Waals surface area contributed by atoms with E-state index in [1.807, 2.05) is 13.8 Å². The smallest absolute Gasteiger partial charge is 0.308 e. The van der Waals surface area contributed by atoms with Crippen LogP contribution in [0.4, 0.5) is 0 Å². The summed E-state index contributed by atoms with van der Waals surface area (Å²) in [5.41, 5.74) is 0.749. The third-order valence-corrected chi connectivity index (χ3v) is 4.00. The lowest BCUT2D eigenvalue weighted by molar-refractivity contribution is -0.147. The van der Waals surface area contributed by atoms with E-state index < -0.39 is 6.29 Å². The lowest BCUT2D eigenvalue weighted by atomic mass is 10.1. The summed E-state index contributed by atoms with van der Waals surface area (Å²) in [7, 11) is 0. The van der Waals surface area contributed by atoms with Crippen LogP contribution in [0, 0.1) is 5.92 Å². The van der Waals surface area contributed by atoms with Crippen LogP contribution in [0.1, 0.15) is 45.1 Å². The number of carbonyl (C=O) groups excluding carboxylic acids is 1. The first-order chi connectivity index (χ1) is 12.0. The normalized spacial score (nSPS) is 16.0. The fourth-order valence-electron chi connectivity index (χ4n) is 2.39. The van der Waals surface area contributed by atoms with Crippen molar-refractivity contribution in [3.8, 4) is 5.75 Å². The molecule has 0 fully saturated rings. The Morgan fingerprint density at radius 3 is 2.68 bits per heavy atom. The Kier molecular flexibility index (Phi) is 7.59. The van der Waals surface area contributed by atoms with Crippen molar-refractivity contribution in [2.75, 3.05) is 13.2 Å². The number of benzene rings is 1. The quantitative estimate of drug-likeness (QED) is 0.523. The van der Waals surface area contributed by atoms with Gasteiger partial charge in [0.05, 0.1) is 24.7 Å². The van der Waals surface area contributed by atoms with Crippen LogP contribution in [-0.4, -0.2) is 30.6 Å². The summed E-state index contributed by atoms with van der Waals surface area (Å²) in [5, 5.41) is 10.3. The number of hydrogen-bond donors (Lipinski definition) is 1. The van der Waals surface area contributed by atoms with E-state index in [1.165, 1.54) is 6.08 Å². The van der Waals surface area contributed by atoms with Crippen LogP contribution in [0.25, 0.3) is 5.76 Å². The molecule has 0 amide bonds. The third kappa shape index (κ3) is 6.25. The zero-order valence-electron chi connectivity index (χ0n) is 14.7. The first-order valence-electron chi connectivity index (χ1n) is 8.63. The van der Waals surface area contributed by atoms with Crippen LogP contribution >= 0.6 is 11.6 Å². The molecule has 138 valence electrons. The lowest BCUT2D eigenvalue weighted by Crippen LogP contribution is -2.18. The van der Waals surface area contributed by atoms with E-state index >= 15 is 0 Å². The van der Waals surface area contributed by atoms with E-state index in [0.717, 1.165) is 31.2 Å². The lowest BCUT2D eigenvalue weighted by Gasteiger charge is -2.22. The van der Waals surface area contributed by atoms with Crippen LogP contribution in [0.3, 0.4) is 0 Å². The Morgan fingerprint density at radius 1 is 1.24 bits per heavy atom. The van der Waals surface area contributed by atoms with Gasteiger partial charge in [0.2, 0.25) is 6.29 Å². The zero-order chi connectivity index (χ0) is 18.2. The molecule has 1 aromatic rings. The molecule has 1 N–H and O–H groups in total. The highest BCUT2D eigenvalue weighted by Crippen LogP contribution is 2.34. The Bertz CT molecular complexity index is 612. The second kappa shape index (κ2) is 9.68. The van der Waals surface area contributed by atoms with Gasteiger partial charge < -0.3 is 19.3 Å². The minimum Gasteiger partial charge on any atom is -0.493 e. The molecule has 2 rings (SSSR count). The van der Waals surface area contributed by atoms with Crippen LogP contribution in [0.2, 0.25) is 5.02 Å². The maximum atomic E-state index is 11.3. The van der Waals surface area contributed by atoms with E-state index in [2.05, 4.69) is 0 Å². The van der Waals surface area contributed by atoms with Crippen molar-refractivity contribution >= 4 is 23.3 Å². The third-order valence-electron chi connectivity index (χ3n) is 3.76. The van der Waals surface area contributed by atoms with Gasteiger partial charge in [-0.15, -0.1) is 0 Å². The maximum absolute atomic E-state index is 11.3. The number of aliphatic hydroxyl groups is 1. The number of esters is 1. The van der Waals surface area contributed by atoms with E-state index in [0.29, 0.717) is 29.7 Å². The topological polar surface area (TPSA) is 65.0 Å². The Hall–Kier alpha value is -1.72. The molecule has 1 aromatic carbocycles. The average molecular weight is 369 g/mol. The molecule has 1 aliphatic rings. The van der Waals surface area contributed by atoms with E-state index in [4.69, 9.17) is 25.8 Å². The van der Waals surface area contributed by atoms with Gasteiger partial charge in [-0.25, -0.2) is 0 Å². The van der Waals surface area contributed by atoms with Crippen molar-refractivity contribution in [3.05, 3.63) is 34.9 Å². The summed E-state index contributed by atoms with van der Waals surface area (Å²) < 4.78 is 16.2. The van der Waals surface area contributed by atoms with E-state index in [1.54, 1.807) is 18.2 Å². The maximum Gasteiger partial charge on any atom is 0.308 e. The number of aliphatic hydroxyl groups excluding tert-OH is 1. The molecule has 0 bridgehead atoms. The van der Waals surface area contributed by atoms with Crippen LogP contribution < -0.4 is 4.74 Å². The monoisotopic (exact) mass is 368 g/mol. The molecule has 25 heavy (non-hydrogen) atoms. The van der Waals surface area contributed by atoms with Gasteiger partial charge in [-0.05, 0) is 43.9 Å². The van der Waals surface area contributed by atoms with Gasteiger partial charge in [0.15, 0.2) is 0 Å². The van der Waals surface area contributed by atoms with Crippen LogP contribution in [0.15, 0.2) is 24.3 Å². The predicted molar refractivity (Wildman–Crippen MR) is 96.3 cm³/mol. The highest BCUT2D eigenvalue weighted by Gasteiger charge is 2.20. The standard InChI is InChI=1S/C19H25ClO5/c1-13(2)19(22)24-10-6-4-3-5-9-23-17-12-18(21)25-16-8-7-14(20)11-15(16)17/h7-8,11-13,18,21H,3-6,9-10H2,1-2H3. The van der Waals surface area contributed by atoms with Gasteiger partial charge in [0.1, 0.15) is 11.5 Å². The zero-order valence-corrected chi connectivity index (χ0v) is 15.4. The number of ether oxygens (including phenoxy) is 3. The first-order valence-corrected chi connectivity index (χ1v) is 9.01. The molecule has 0 saturated heterocycles. The molecular formula is C19H25ClO5. The number of hydrogen-bond acceptors (Lipinski definition) is 5. The molecular weight excluding hydrogens is 344 g/mol. The van der Waals surface area contributed by atoms with Crippen molar-refractivity contribution in [2.45, 2.75) is 45.8 Å². The number of rotatable bonds is 9. The second-order valence-electron chi connectivity index (χ2n) is 6.26. The molecule has 0 aliphatic carbocycles. The minimum absolute atomic E-state index is 0.0760. The summed E-state index contributed by atoms with van der Waals surface area (Å²) in [5.74, 6) is 0.919. The van der Waals surface area contributed by atoms with Gasteiger partial charge >= 0.3 is 5.97 Å². The molecule has 1 heterocycles. The van der Waals surface area contributed by atoms with Gasteiger partial charge in [0, 0.05) is 11.1 Å². The van der Waals surface area contributed by atoms with Crippen molar-refractivity contribution in [1.82, 2.24) is 0 Å². The molecule has 0 spiro atoms. The average Bonchev–Trinajstić information content (AvgIpc) is 2.57. The van der Waals surface area contributed by atoms with Crippen molar-refractivity contribution in [1.29, 1.82) is 0 Å². The Labute approximate surface area is 153 Å². The summed E-state index contributed by atoms with van der Waals surface area (Å²) in [6.07, 6.45) is 4.20. The first kappa shape index (κ1) is 19.6. The highest BCUT2D eigenvalue weighted by molar-refractivity contribution is 6.30. The number of carbonyl (C=O) groups is 1. The highest BCUT2D eigenvalue weighted by atomic mass is 35.5. The van der Waals surface area contributed by atoms with Crippen molar-refractivity contribution in [3.63, 3.8) is 0 Å². The summed E-state index contributed by atoms with van der Waals surface area (Å²) in [4.78, 5) is 11.3. The number of unbranched alkanes of at least 4 members (excludes halogenated alkanes) is 3. The minimum atomic E-state index is -1.01. The largest absolute Gasteiger partial charge is 0.493 e. The van der Waals surface area contributed by atoms with Crippen molar-refractivity contribution in [2.24, 2.45) is 5.92 Å². The summed E-state index contributed by atoms with van der Waals surface area (Å²) in [6, 6.07) is 5.19. The van der Waals surface area contributed by atoms with Crippen molar-refractivity contribution < 1.29 is 24.1 Å². The second-order valence-corrected chi connectivity index (χ2v) is 6.70. The predicted octanol–water partition coefficient (Wildman–Crippen LogP) is 4.17.